The van der Waals surface area contributed by atoms with Crippen molar-refractivity contribution in [3.8, 4) is 22.6 Å². The van der Waals surface area contributed by atoms with Crippen LogP contribution in [-0.2, 0) is 17.3 Å². The van der Waals surface area contributed by atoms with Gasteiger partial charge in [-0.1, -0.05) is 31.2 Å². The number of allylic oxidation sites excluding steroid dienone is 1. The van der Waals surface area contributed by atoms with Crippen LogP contribution in [0, 0.1) is 5.82 Å². The number of benzene rings is 1. The van der Waals surface area contributed by atoms with Gasteiger partial charge in [0.15, 0.2) is 0 Å². The quantitative estimate of drug-likeness (QED) is 0.448. The minimum absolute atomic E-state index is 0.00414. The number of aromatic nitrogens is 3. The minimum Gasteiger partial charge on any atom is -0.352 e. The second-order valence-electron chi connectivity index (χ2n) is 7.16. The second-order valence-corrected chi connectivity index (χ2v) is 7.57. The summed E-state index contributed by atoms with van der Waals surface area (Å²) in [6.45, 7) is 4.87. The van der Waals surface area contributed by atoms with Crippen LogP contribution in [0.3, 0.4) is 0 Å². The van der Waals surface area contributed by atoms with Crippen LogP contribution in [0.2, 0.25) is 5.02 Å². The van der Waals surface area contributed by atoms with Crippen molar-refractivity contribution in [3.05, 3.63) is 81.6 Å². The Kier molecular flexibility index (Phi) is 7.33. The van der Waals surface area contributed by atoms with Gasteiger partial charge in [-0.15, -0.1) is 0 Å². The number of nitrogens with zero attached hydrogens (tertiary/aromatic N) is 2. The molecule has 0 unspecified atom stereocenters. The number of hydrogen-bond donors (Lipinski definition) is 2. The Balaban J connectivity index is 2.00. The first-order valence-electron chi connectivity index (χ1n) is 10.00. The summed E-state index contributed by atoms with van der Waals surface area (Å²) in [5.41, 5.74) is -0.756. The predicted molar refractivity (Wildman–Crippen MR) is 119 cm³/mol. The third kappa shape index (κ3) is 5.48. The van der Waals surface area contributed by atoms with Crippen LogP contribution < -0.4 is 10.9 Å². The summed E-state index contributed by atoms with van der Waals surface area (Å²) in [7, 11) is 0. The molecular weight excluding hydrogens is 457 g/mol. The van der Waals surface area contributed by atoms with Crippen LogP contribution in [0.25, 0.3) is 22.6 Å². The first-order valence-corrected chi connectivity index (χ1v) is 10.4. The lowest BCUT2D eigenvalue weighted by atomic mass is 10.1. The first kappa shape index (κ1) is 24.2. The van der Waals surface area contributed by atoms with Gasteiger partial charge in [-0.05, 0) is 30.7 Å². The molecule has 2 N–H and O–H groups in total. The SMILES string of the molecule is C=CC(F)(F)c1ccc(-c2cc(=O)[nH]c(-c3c(Cl)ccc(CNC(=O)CCC)c3F)n2)cn1. The number of carbonyl (C=O) groups excluding carboxylic acids is 1. The topological polar surface area (TPSA) is 87.7 Å². The highest BCUT2D eigenvalue weighted by molar-refractivity contribution is 6.33. The smallest absolute Gasteiger partial charge is 0.307 e. The Morgan fingerprint density at radius 3 is 2.70 bits per heavy atom. The summed E-state index contributed by atoms with van der Waals surface area (Å²) in [5, 5.41) is 2.61. The fourth-order valence-electron chi connectivity index (χ4n) is 3.03. The van der Waals surface area contributed by atoms with Crippen molar-refractivity contribution in [2.75, 3.05) is 0 Å². The molecule has 3 aromatic rings. The highest BCUT2D eigenvalue weighted by Gasteiger charge is 2.28. The van der Waals surface area contributed by atoms with E-state index >= 15 is 4.39 Å². The first-order chi connectivity index (χ1) is 15.7. The summed E-state index contributed by atoms with van der Waals surface area (Å²) in [6, 6.07) is 6.40. The van der Waals surface area contributed by atoms with Crippen molar-refractivity contribution in [2.45, 2.75) is 32.2 Å². The van der Waals surface area contributed by atoms with Crippen LogP contribution in [0.1, 0.15) is 31.0 Å². The predicted octanol–water partition coefficient (Wildman–Crippen LogP) is 4.99. The maximum atomic E-state index is 15.2. The number of alkyl halides is 2. The van der Waals surface area contributed by atoms with E-state index in [1.54, 1.807) is 0 Å². The van der Waals surface area contributed by atoms with Gasteiger partial charge in [0.05, 0.1) is 16.3 Å². The fourth-order valence-corrected chi connectivity index (χ4v) is 3.26. The van der Waals surface area contributed by atoms with Crippen molar-refractivity contribution in [3.63, 3.8) is 0 Å². The van der Waals surface area contributed by atoms with Crippen molar-refractivity contribution in [1.29, 1.82) is 0 Å². The van der Waals surface area contributed by atoms with Gasteiger partial charge in [-0.25, -0.2) is 9.37 Å². The molecule has 0 saturated carbocycles. The third-order valence-electron chi connectivity index (χ3n) is 4.76. The van der Waals surface area contributed by atoms with Crippen molar-refractivity contribution < 1.29 is 18.0 Å². The monoisotopic (exact) mass is 476 g/mol. The zero-order chi connectivity index (χ0) is 24.2. The third-order valence-corrected chi connectivity index (χ3v) is 5.07. The molecule has 0 aliphatic heterocycles. The van der Waals surface area contributed by atoms with Gasteiger partial charge in [0.1, 0.15) is 17.3 Å². The molecule has 0 saturated heterocycles. The Labute approximate surface area is 192 Å². The highest BCUT2D eigenvalue weighted by Crippen LogP contribution is 2.32. The van der Waals surface area contributed by atoms with E-state index in [4.69, 9.17) is 11.6 Å². The van der Waals surface area contributed by atoms with Crippen LogP contribution in [-0.4, -0.2) is 20.9 Å². The van der Waals surface area contributed by atoms with E-state index in [2.05, 4.69) is 26.8 Å². The van der Waals surface area contributed by atoms with Crippen LogP contribution >= 0.6 is 11.6 Å². The van der Waals surface area contributed by atoms with E-state index in [0.717, 1.165) is 18.3 Å². The lowest BCUT2D eigenvalue weighted by Gasteiger charge is -2.13. The number of rotatable bonds is 8. The van der Waals surface area contributed by atoms with Gasteiger partial charge >= 0.3 is 5.92 Å². The molecule has 0 aliphatic carbocycles. The molecule has 1 amide bonds. The molecule has 0 fully saturated rings. The summed E-state index contributed by atoms with van der Waals surface area (Å²) >= 11 is 6.19. The molecule has 3 rings (SSSR count). The number of amides is 1. The molecular formula is C23H20ClF3N4O2. The largest absolute Gasteiger partial charge is 0.352 e. The average Bonchev–Trinajstić information content (AvgIpc) is 2.78. The van der Waals surface area contributed by atoms with Gasteiger partial charge in [-0.3, -0.25) is 14.6 Å². The normalized spacial score (nSPS) is 11.3. The van der Waals surface area contributed by atoms with Crippen molar-refractivity contribution >= 4 is 17.5 Å². The number of pyridine rings is 1. The van der Waals surface area contributed by atoms with E-state index in [-0.39, 0.29) is 45.7 Å². The summed E-state index contributed by atoms with van der Waals surface area (Å²) < 4.78 is 42.7. The molecule has 10 heteroatoms. The maximum Gasteiger partial charge on any atom is 0.307 e. The minimum atomic E-state index is -3.31. The summed E-state index contributed by atoms with van der Waals surface area (Å²) in [4.78, 5) is 34.4. The van der Waals surface area contributed by atoms with Crippen LogP contribution in [0.15, 0.2) is 54.0 Å². The van der Waals surface area contributed by atoms with E-state index in [1.807, 2.05) is 6.92 Å². The molecule has 2 aromatic heterocycles. The Bertz CT molecular complexity index is 1240. The van der Waals surface area contributed by atoms with Crippen LogP contribution in [0.5, 0.6) is 0 Å². The number of nitrogens with one attached hydrogen (secondary N) is 2. The molecule has 0 spiro atoms. The van der Waals surface area contributed by atoms with Crippen LogP contribution in [0.4, 0.5) is 13.2 Å². The zero-order valence-electron chi connectivity index (χ0n) is 17.6. The van der Waals surface area contributed by atoms with E-state index in [1.165, 1.54) is 18.2 Å². The van der Waals surface area contributed by atoms with Gasteiger partial charge in [-0.2, -0.15) is 8.78 Å². The molecule has 0 radical (unpaired) electrons. The van der Waals surface area contributed by atoms with Gasteiger partial charge < -0.3 is 10.3 Å². The Morgan fingerprint density at radius 2 is 2.06 bits per heavy atom. The lowest BCUT2D eigenvalue weighted by molar-refractivity contribution is -0.121. The highest BCUT2D eigenvalue weighted by atomic mass is 35.5. The number of hydrogen-bond acceptors (Lipinski definition) is 4. The number of carbonyl (C=O) groups is 1. The fraction of sp³-hybridized carbons (Fsp3) is 0.217. The van der Waals surface area contributed by atoms with E-state index in [0.29, 0.717) is 18.9 Å². The van der Waals surface area contributed by atoms with Gasteiger partial charge in [0.25, 0.3) is 5.56 Å². The Morgan fingerprint density at radius 1 is 1.30 bits per heavy atom. The second kappa shape index (κ2) is 9.99. The van der Waals surface area contributed by atoms with Crippen molar-refractivity contribution in [2.24, 2.45) is 0 Å². The number of aromatic amines is 1. The van der Waals surface area contributed by atoms with Gasteiger partial charge in [0.2, 0.25) is 5.91 Å². The molecule has 172 valence electrons. The maximum absolute atomic E-state index is 15.2. The van der Waals surface area contributed by atoms with E-state index < -0.39 is 23.0 Å². The molecule has 2 heterocycles. The number of H-pyrrole nitrogens is 1. The zero-order valence-corrected chi connectivity index (χ0v) is 18.3. The molecule has 1 aromatic carbocycles. The summed E-state index contributed by atoms with van der Waals surface area (Å²) in [5.74, 6) is -4.43. The summed E-state index contributed by atoms with van der Waals surface area (Å²) in [6.07, 6.45) is 2.57. The Hall–Kier alpha value is -3.46. The molecule has 0 bridgehead atoms. The standard InChI is InChI=1S/C23H20ClF3N4O2/c1-3-5-18(32)29-12-14-6-8-15(24)20(21(14)25)22-30-16(10-19(33)31-22)13-7-9-17(28-11-13)23(26,27)4-2/h4,6-11H,2-3,5,12H2,1H3,(H,29,32)(H,30,31,33). The molecule has 6 nitrogen and oxygen atoms in total. The number of halogens is 4. The van der Waals surface area contributed by atoms with Crippen molar-refractivity contribution in [1.82, 2.24) is 20.3 Å². The average molecular weight is 477 g/mol. The molecule has 33 heavy (non-hydrogen) atoms. The van der Waals surface area contributed by atoms with E-state index in [9.17, 15) is 18.4 Å². The molecule has 0 aliphatic rings. The lowest BCUT2D eigenvalue weighted by Crippen LogP contribution is -2.23. The van der Waals surface area contributed by atoms with Gasteiger partial charge in [0, 0.05) is 36.4 Å². The molecule has 0 atom stereocenters.